The van der Waals surface area contributed by atoms with E-state index < -0.39 is 5.54 Å². The molecule has 122 valence electrons. The number of morpholine rings is 1. The highest BCUT2D eigenvalue weighted by atomic mass is 16.5. The zero-order valence-electron chi connectivity index (χ0n) is 13.6. The molecule has 1 aliphatic heterocycles. The third kappa shape index (κ3) is 2.87. The number of hydrogen-bond acceptors (Lipinski definition) is 5. The van der Waals surface area contributed by atoms with Gasteiger partial charge in [0.05, 0.1) is 30.1 Å². The molecule has 1 unspecified atom stereocenters. The van der Waals surface area contributed by atoms with E-state index in [1.807, 2.05) is 25.6 Å². The van der Waals surface area contributed by atoms with Crippen molar-refractivity contribution < 1.29 is 9.53 Å². The number of aryl methyl sites for hydroxylation is 2. The van der Waals surface area contributed by atoms with Crippen LogP contribution in [0.1, 0.15) is 31.7 Å². The summed E-state index contributed by atoms with van der Waals surface area (Å²) in [5.74, 6) is 0.0953. The lowest BCUT2D eigenvalue weighted by Gasteiger charge is -2.40. The van der Waals surface area contributed by atoms with Crippen molar-refractivity contribution in [1.82, 2.24) is 25.2 Å². The molecule has 7 nitrogen and oxygen atoms in total. The summed E-state index contributed by atoms with van der Waals surface area (Å²) >= 11 is 0. The van der Waals surface area contributed by atoms with E-state index in [0.29, 0.717) is 13.2 Å². The minimum absolute atomic E-state index is 0.0953. The number of amides is 1. The minimum Gasteiger partial charge on any atom is -0.379 e. The second kappa shape index (κ2) is 5.96. The smallest absolute Gasteiger partial charge is 0.240 e. The predicted octanol–water partition coefficient (Wildman–Crippen LogP) is -0.101. The highest BCUT2D eigenvalue weighted by Crippen LogP contribution is 2.21. The summed E-state index contributed by atoms with van der Waals surface area (Å²) in [6, 6.07) is 0.164. The van der Waals surface area contributed by atoms with Gasteiger partial charge in [0.2, 0.25) is 5.91 Å². The second-order valence-corrected chi connectivity index (χ2v) is 6.68. The summed E-state index contributed by atoms with van der Waals surface area (Å²) in [5, 5.41) is 11.5. The second-order valence-electron chi connectivity index (χ2n) is 6.68. The zero-order valence-corrected chi connectivity index (χ0v) is 13.6. The maximum atomic E-state index is 12.7. The first-order valence-electron chi connectivity index (χ1n) is 7.99. The Kier molecular flexibility index (Phi) is 4.18. The summed E-state index contributed by atoms with van der Waals surface area (Å²) in [4.78, 5) is 14.9. The molecule has 0 aromatic carbocycles. The molecule has 1 aromatic rings. The van der Waals surface area contributed by atoms with Crippen molar-refractivity contribution in [3.63, 3.8) is 0 Å². The van der Waals surface area contributed by atoms with Crippen LogP contribution in [0.5, 0.6) is 0 Å². The van der Waals surface area contributed by atoms with E-state index in [2.05, 4.69) is 20.5 Å². The van der Waals surface area contributed by atoms with E-state index in [-0.39, 0.29) is 11.9 Å². The topological polar surface area (TPSA) is 72.3 Å². The Hall–Kier alpha value is -1.47. The number of aromatic nitrogens is 3. The highest BCUT2D eigenvalue weighted by Gasteiger charge is 2.37. The Morgan fingerprint density at radius 1 is 1.36 bits per heavy atom. The van der Waals surface area contributed by atoms with Gasteiger partial charge < -0.3 is 10.1 Å². The molecule has 0 radical (unpaired) electrons. The molecule has 7 heteroatoms. The molecule has 1 amide bonds. The third-order valence-corrected chi connectivity index (χ3v) is 4.89. The molecule has 2 aliphatic rings. The number of hydrogen-bond donors (Lipinski definition) is 1. The SMILES string of the molecule is Cn1nnc2c1CC(NC(=O)C(C)(C)N1CCOCC1)CC2. The van der Waals surface area contributed by atoms with Crippen molar-refractivity contribution >= 4 is 5.91 Å². The first-order valence-corrected chi connectivity index (χ1v) is 7.99. The van der Waals surface area contributed by atoms with Gasteiger partial charge in [0.15, 0.2) is 0 Å². The van der Waals surface area contributed by atoms with Crippen LogP contribution in [0.2, 0.25) is 0 Å². The van der Waals surface area contributed by atoms with Crippen LogP contribution in [0.4, 0.5) is 0 Å². The van der Waals surface area contributed by atoms with Gasteiger partial charge in [-0.25, -0.2) is 0 Å². The van der Waals surface area contributed by atoms with Crippen molar-refractivity contribution in [3.8, 4) is 0 Å². The molecule has 1 N–H and O–H groups in total. The van der Waals surface area contributed by atoms with Crippen molar-refractivity contribution in [2.45, 2.75) is 44.7 Å². The van der Waals surface area contributed by atoms with Gasteiger partial charge in [0.1, 0.15) is 0 Å². The van der Waals surface area contributed by atoms with Gasteiger partial charge in [-0.15, -0.1) is 5.10 Å². The third-order valence-electron chi connectivity index (χ3n) is 4.89. The molecule has 1 aliphatic carbocycles. The summed E-state index contributed by atoms with van der Waals surface area (Å²) in [7, 11) is 1.91. The van der Waals surface area contributed by atoms with Gasteiger partial charge in [-0.05, 0) is 26.7 Å². The number of ether oxygens (including phenoxy) is 1. The first kappa shape index (κ1) is 15.4. The normalized spacial score (nSPS) is 23.1. The monoisotopic (exact) mass is 307 g/mol. The van der Waals surface area contributed by atoms with Crippen LogP contribution >= 0.6 is 0 Å². The Labute approximate surface area is 131 Å². The van der Waals surface area contributed by atoms with Crippen LogP contribution in [0.3, 0.4) is 0 Å². The van der Waals surface area contributed by atoms with Crippen molar-refractivity contribution in [1.29, 1.82) is 0 Å². The Morgan fingerprint density at radius 3 is 2.82 bits per heavy atom. The molecular formula is C15H25N5O2. The summed E-state index contributed by atoms with van der Waals surface area (Å²) in [6.45, 7) is 7.00. The fourth-order valence-electron chi connectivity index (χ4n) is 3.26. The van der Waals surface area contributed by atoms with Gasteiger partial charge in [-0.2, -0.15) is 0 Å². The van der Waals surface area contributed by atoms with E-state index in [4.69, 9.17) is 4.74 Å². The van der Waals surface area contributed by atoms with Gasteiger partial charge in [-0.3, -0.25) is 14.4 Å². The van der Waals surface area contributed by atoms with Crippen molar-refractivity contribution in [2.24, 2.45) is 7.05 Å². The zero-order chi connectivity index (χ0) is 15.7. The fraction of sp³-hybridized carbons (Fsp3) is 0.800. The lowest BCUT2D eigenvalue weighted by molar-refractivity contribution is -0.135. The van der Waals surface area contributed by atoms with Crippen LogP contribution in [0.25, 0.3) is 0 Å². The maximum absolute atomic E-state index is 12.7. The van der Waals surface area contributed by atoms with Crippen molar-refractivity contribution in [2.75, 3.05) is 26.3 Å². The number of rotatable bonds is 3. The quantitative estimate of drug-likeness (QED) is 0.844. The van der Waals surface area contributed by atoms with Crippen LogP contribution in [-0.2, 0) is 29.4 Å². The Morgan fingerprint density at radius 2 is 2.09 bits per heavy atom. The molecule has 1 fully saturated rings. The van der Waals surface area contributed by atoms with Crippen LogP contribution in [0.15, 0.2) is 0 Å². The van der Waals surface area contributed by atoms with Crippen LogP contribution < -0.4 is 5.32 Å². The summed E-state index contributed by atoms with van der Waals surface area (Å²) in [5.41, 5.74) is 1.70. The van der Waals surface area contributed by atoms with Gasteiger partial charge in [0, 0.05) is 32.6 Å². The van der Waals surface area contributed by atoms with E-state index in [1.54, 1.807) is 0 Å². The lowest BCUT2D eigenvalue weighted by atomic mass is 9.94. The van der Waals surface area contributed by atoms with E-state index >= 15 is 0 Å². The number of carbonyl (C=O) groups is 1. The molecule has 2 heterocycles. The molecule has 0 spiro atoms. The fourth-order valence-corrected chi connectivity index (χ4v) is 3.26. The average Bonchev–Trinajstić information content (AvgIpc) is 2.89. The van der Waals surface area contributed by atoms with E-state index in [0.717, 1.165) is 43.7 Å². The van der Waals surface area contributed by atoms with Crippen molar-refractivity contribution in [3.05, 3.63) is 11.4 Å². The molecule has 1 atom stereocenters. The lowest BCUT2D eigenvalue weighted by Crippen LogP contribution is -2.59. The molecule has 1 aromatic heterocycles. The van der Waals surface area contributed by atoms with Gasteiger partial charge in [-0.1, -0.05) is 5.21 Å². The van der Waals surface area contributed by atoms with Crippen LogP contribution in [-0.4, -0.2) is 63.7 Å². The summed E-state index contributed by atoms with van der Waals surface area (Å²) in [6.07, 6.45) is 2.62. The molecule has 3 rings (SSSR count). The standard InChI is InChI=1S/C15H25N5O2/c1-15(2,20-6-8-22-9-7-20)14(21)16-11-4-5-12-13(10-11)19(3)18-17-12/h11H,4-10H2,1-3H3,(H,16,21). The van der Waals surface area contributed by atoms with Gasteiger partial charge in [0.25, 0.3) is 0 Å². The Balaban J connectivity index is 1.63. The minimum atomic E-state index is -0.505. The molecule has 0 saturated carbocycles. The average molecular weight is 307 g/mol. The predicted molar refractivity (Wildman–Crippen MR) is 81.4 cm³/mol. The molecule has 22 heavy (non-hydrogen) atoms. The van der Waals surface area contributed by atoms with Gasteiger partial charge >= 0.3 is 0 Å². The number of carbonyl (C=O) groups excluding carboxylic acids is 1. The number of fused-ring (bicyclic) bond motifs is 1. The molecule has 0 bridgehead atoms. The highest BCUT2D eigenvalue weighted by molar-refractivity contribution is 5.85. The number of nitrogens with one attached hydrogen (secondary N) is 1. The van der Waals surface area contributed by atoms with E-state index in [9.17, 15) is 4.79 Å². The molecule has 1 saturated heterocycles. The number of nitrogens with zero attached hydrogens (tertiary/aromatic N) is 4. The summed E-state index contributed by atoms with van der Waals surface area (Å²) < 4.78 is 7.20. The van der Waals surface area contributed by atoms with E-state index in [1.165, 1.54) is 0 Å². The molecular weight excluding hydrogens is 282 g/mol. The first-order chi connectivity index (χ1) is 10.5. The maximum Gasteiger partial charge on any atom is 0.240 e. The van der Waals surface area contributed by atoms with Crippen LogP contribution in [0, 0.1) is 0 Å². The Bertz CT molecular complexity index is 548. The largest absolute Gasteiger partial charge is 0.379 e.